The Morgan fingerprint density at radius 2 is 2.38 bits per heavy atom. The van der Waals surface area contributed by atoms with Crippen molar-refractivity contribution in [2.45, 2.75) is 31.8 Å². The van der Waals surface area contributed by atoms with E-state index in [0.29, 0.717) is 18.6 Å². The number of carboxylic acid groups (broad SMARTS) is 1. The first kappa shape index (κ1) is 10.9. The van der Waals surface area contributed by atoms with Crippen LogP contribution in [0, 0.1) is 5.92 Å². The lowest BCUT2D eigenvalue weighted by molar-refractivity contribution is -0.151. The average molecular weight is 204 g/mol. The van der Waals surface area contributed by atoms with Gasteiger partial charge in [0.25, 0.3) is 0 Å². The summed E-state index contributed by atoms with van der Waals surface area (Å²) in [6.45, 7) is 1.82. The molecule has 76 valence electrons. The molecule has 0 aromatic carbocycles. The summed E-state index contributed by atoms with van der Waals surface area (Å²) < 4.78 is 0. The van der Waals surface area contributed by atoms with Gasteiger partial charge in [0.05, 0.1) is 11.5 Å². The molecule has 1 aliphatic rings. The van der Waals surface area contributed by atoms with Crippen molar-refractivity contribution >= 4 is 17.7 Å². The van der Waals surface area contributed by atoms with Crippen LogP contribution in [-0.2, 0) is 4.79 Å². The number of aliphatic carboxylic acids is 1. The third-order valence-electron chi connectivity index (χ3n) is 2.61. The summed E-state index contributed by atoms with van der Waals surface area (Å²) in [4.78, 5) is 10.9. The molecular weight excluding hydrogens is 188 g/mol. The molecule has 0 radical (unpaired) electrons. The van der Waals surface area contributed by atoms with E-state index in [0.717, 1.165) is 12.2 Å². The minimum Gasteiger partial charge on any atom is -0.481 e. The largest absolute Gasteiger partial charge is 0.481 e. The number of hydrogen-bond acceptors (Lipinski definition) is 3. The SMILES string of the molecule is CCC(C(=O)O)C1(O)CCCSC1. The second-order valence-corrected chi connectivity index (χ2v) is 4.66. The Kier molecular flexibility index (Phi) is 3.62. The van der Waals surface area contributed by atoms with Gasteiger partial charge in [-0.2, -0.15) is 11.8 Å². The van der Waals surface area contributed by atoms with Gasteiger partial charge < -0.3 is 10.2 Å². The van der Waals surface area contributed by atoms with Crippen LogP contribution in [0.25, 0.3) is 0 Å². The summed E-state index contributed by atoms with van der Waals surface area (Å²) in [5.74, 6) is 0.142. The zero-order valence-corrected chi connectivity index (χ0v) is 8.64. The maximum absolute atomic E-state index is 10.9. The predicted octanol–water partition coefficient (Wildman–Crippen LogP) is 1.36. The fourth-order valence-corrected chi connectivity index (χ4v) is 3.05. The minimum atomic E-state index is -0.969. The second-order valence-electron chi connectivity index (χ2n) is 3.56. The molecule has 1 fully saturated rings. The summed E-state index contributed by atoms with van der Waals surface area (Å²) in [7, 11) is 0. The highest BCUT2D eigenvalue weighted by Crippen LogP contribution is 2.34. The van der Waals surface area contributed by atoms with Gasteiger partial charge in [-0.05, 0) is 25.0 Å². The number of hydrogen-bond donors (Lipinski definition) is 2. The summed E-state index contributed by atoms with van der Waals surface area (Å²) in [6.07, 6.45) is 2.06. The molecule has 0 aromatic rings. The van der Waals surface area contributed by atoms with E-state index in [2.05, 4.69) is 0 Å². The maximum Gasteiger partial charge on any atom is 0.309 e. The highest BCUT2D eigenvalue weighted by Gasteiger charge is 2.41. The second kappa shape index (κ2) is 4.33. The third kappa shape index (κ3) is 2.38. The molecule has 4 heteroatoms. The quantitative estimate of drug-likeness (QED) is 0.728. The smallest absolute Gasteiger partial charge is 0.309 e. The van der Waals surface area contributed by atoms with Crippen molar-refractivity contribution in [2.24, 2.45) is 5.92 Å². The van der Waals surface area contributed by atoms with Crippen LogP contribution < -0.4 is 0 Å². The Morgan fingerprint density at radius 3 is 2.77 bits per heavy atom. The van der Waals surface area contributed by atoms with Crippen LogP contribution in [0.4, 0.5) is 0 Å². The first-order chi connectivity index (χ1) is 6.10. The molecule has 0 saturated carbocycles. The van der Waals surface area contributed by atoms with Gasteiger partial charge in [0, 0.05) is 5.75 Å². The zero-order valence-electron chi connectivity index (χ0n) is 7.82. The molecule has 1 rings (SSSR count). The molecule has 13 heavy (non-hydrogen) atoms. The van der Waals surface area contributed by atoms with Crippen molar-refractivity contribution in [1.82, 2.24) is 0 Å². The highest BCUT2D eigenvalue weighted by atomic mass is 32.2. The zero-order chi connectivity index (χ0) is 9.90. The maximum atomic E-state index is 10.9. The van der Waals surface area contributed by atoms with Gasteiger partial charge in [-0.25, -0.2) is 0 Å². The number of aliphatic hydroxyl groups is 1. The topological polar surface area (TPSA) is 57.5 Å². The standard InChI is InChI=1S/C9H16O3S/c1-2-7(8(10)11)9(12)4-3-5-13-6-9/h7,12H,2-6H2,1H3,(H,10,11). The van der Waals surface area contributed by atoms with E-state index in [1.54, 1.807) is 11.8 Å². The Balaban J connectivity index is 2.68. The fourth-order valence-electron chi connectivity index (χ4n) is 1.86. The Bertz CT molecular complexity index is 187. The third-order valence-corrected chi connectivity index (χ3v) is 3.89. The molecule has 2 atom stereocenters. The van der Waals surface area contributed by atoms with Gasteiger partial charge in [0.1, 0.15) is 0 Å². The molecule has 1 aliphatic heterocycles. The van der Waals surface area contributed by atoms with Crippen LogP contribution in [0.2, 0.25) is 0 Å². The predicted molar refractivity (Wildman–Crippen MR) is 52.9 cm³/mol. The minimum absolute atomic E-state index is 0.506. The molecule has 1 saturated heterocycles. The van der Waals surface area contributed by atoms with Crippen LogP contribution in [0.5, 0.6) is 0 Å². The van der Waals surface area contributed by atoms with E-state index in [4.69, 9.17) is 5.11 Å². The van der Waals surface area contributed by atoms with Crippen molar-refractivity contribution in [2.75, 3.05) is 11.5 Å². The van der Waals surface area contributed by atoms with Crippen LogP contribution in [-0.4, -0.2) is 33.3 Å². The Morgan fingerprint density at radius 1 is 1.69 bits per heavy atom. The summed E-state index contributed by atoms with van der Waals surface area (Å²) in [5, 5.41) is 19.0. The lowest BCUT2D eigenvalue weighted by Gasteiger charge is -2.36. The van der Waals surface area contributed by atoms with Crippen LogP contribution in [0.15, 0.2) is 0 Å². The number of rotatable bonds is 3. The van der Waals surface area contributed by atoms with Crippen molar-refractivity contribution in [3.8, 4) is 0 Å². The van der Waals surface area contributed by atoms with Crippen molar-refractivity contribution in [3.63, 3.8) is 0 Å². The molecule has 0 aromatic heterocycles. The molecular formula is C9H16O3S. The molecule has 1 heterocycles. The van der Waals surface area contributed by atoms with E-state index >= 15 is 0 Å². The van der Waals surface area contributed by atoms with Crippen molar-refractivity contribution in [1.29, 1.82) is 0 Å². The number of thioether (sulfide) groups is 1. The van der Waals surface area contributed by atoms with Gasteiger partial charge in [-0.1, -0.05) is 6.92 Å². The summed E-state index contributed by atoms with van der Waals surface area (Å²) >= 11 is 1.65. The summed E-state index contributed by atoms with van der Waals surface area (Å²) in [5.41, 5.74) is -0.969. The van der Waals surface area contributed by atoms with E-state index < -0.39 is 17.5 Å². The first-order valence-corrected chi connectivity index (χ1v) is 5.78. The Hall–Kier alpha value is -0.220. The molecule has 0 spiro atoms. The summed E-state index contributed by atoms with van der Waals surface area (Å²) in [6, 6.07) is 0. The van der Waals surface area contributed by atoms with Crippen molar-refractivity contribution < 1.29 is 15.0 Å². The van der Waals surface area contributed by atoms with E-state index in [1.165, 1.54) is 0 Å². The molecule has 3 nitrogen and oxygen atoms in total. The molecule has 2 unspecified atom stereocenters. The van der Waals surface area contributed by atoms with Crippen LogP contribution in [0.3, 0.4) is 0 Å². The molecule has 2 N–H and O–H groups in total. The lowest BCUT2D eigenvalue weighted by Crippen LogP contribution is -2.46. The van der Waals surface area contributed by atoms with Crippen LogP contribution in [0.1, 0.15) is 26.2 Å². The lowest BCUT2D eigenvalue weighted by atomic mass is 9.83. The number of carboxylic acids is 1. The Labute approximate surface area is 82.5 Å². The van der Waals surface area contributed by atoms with E-state index in [9.17, 15) is 9.90 Å². The number of carbonyl (C=O) groups is 1. The van der Waals surface area contributed by atoms with Gasteiger partial charge in [0.15, 0.2) is 0 Å². The van der Waals surface area contributed by atoms with Gasteiger partial charge in [0.2, 0.25) is 0 Å². The monoisotopic (exact) mass is 204 g/mol. The first-order valence-electron chi connectivity index (χ1n) is 4.63. The van der Waals surface area contributed by atoms with E-state index in [-0.39, 0.29) is 0 Å². The van der Waals surface area contributed by atoms with Gasteiger partial charge in [-0.3, -0.25) is 4.79 Å². The normalized spacial score (nSPS) is 31.2. The van der Waals surface area contributed by atoms with Gasteiger partial charge >= 0.3 is 5.97 Å². The molecule has 0 aliphatic carbocycles. The van der Waals surface area contributed by atoms with Crippen LogP contribution >= 0.6 is 11.8 Å². The van der Waals surface area contributed by atoms with Crippen molar-refractivity contribution in [3.05, 3.63) is 0 Å². The highest BCUT2D eigenvalue weighted by molar-refractivity contribution is 7.99. The molecule has 0 bridgehead atoms. The molecule has 0 amide bonds. The van der Waals surface area contributed by atoms with Gasteiger partial charge in [-0.15, -0.1) is 0 Å². The average Bonchev–Trinajstić information content (AvgIpc) is 2.05. The fraction of sp³-hybridized carbons (Fsp3) is 0.889. The van der Waals surface area contributed by atoms with E-state index in [1.807, 2.05) is 6.92 Å².